The van der Waals surface area contributed by atoms with Gasteiger partial charge in [0.15, 0.2) is 0 Å². The van der Waals surface area contributed by atoms with Crippen LogP contribution in [-0.4, -0.2) is 39.9 Å². The van der Waals surface area contributed by atoms with Gasteiger partial charge in [-0.05, 0) is 24.8 Å². The van der Waals surface area contributed by atoms with Gasteiger partial charge in [-0.1, -0.05) is 6.92 Å². The van der Waals surface area contributed by atoms with Crippen molar-refractivity contribution < 1.29 is 4.79 Å². The first-order valence-corrected chi connectivity index (χ1v) is 7.81. The Bertz CT molecular complexity index is 639. The number of anilines is 1. The van der Waals surface area contributed by atoms with E-state index in [1.165, 1.54) is 0 Å². The van der Waals surface area contributed by atoms with Crippen LogP contribution in [0.15, 0.2) is 11.4 Å². The van der Waals surface area contributed by atoms with E-state index >= 15 is 0 Å². The first-order chi connectivity index (χ1) is 9.67. The predicted molar refractivity (Wildman–Crippen MR) is 81.1 cm³/mol. The van der Waals surface area contributed by atoms with Crippen molar-refractivity contribution in [2.24, 2.45) is 0 Å². The van der Waals surface area contributed by atoms with Crippen LogP contribution in [0, 0.1) is 6.92 Å². The third kappa shape index (κ3) is 2.47. The Labute approximate surface area is 122 Å². The summed E-state index contributed by atoms with van der Waals surface area (Å²) in [6.45, 7) is 5.60. The fourth-order valence-electron chi connectivity index (χ4n) is 2.62. The predicted octanol–water partition coefficient (Wildman–Crippen LogP) is 2.42. The Kier molecular flexibility index (Phi) is 3.56. The molecule has 2 aromatic heterocycles. The molecule has 1 aliphatic rings. The molecular weight excluding hydrogens is 272 g/mol. The zero-order valence-corrected chi connectivity index (χ0v) is 12.5. The summed E-state index contributed by atoms with van der Waals surface area (Å²) in [5.41, 5.74) is 0. The number of likely N-dealkylation sites (tertiary alicyclic amines) is 1. The first kappa shape index (κ1) is 13.3. The van der Waals surface area contributed by atoms with Crippen molar-refractivity contribution in [1.82, 2.24) is 14.9 Å². The summed E-state index contributed by atoms with van der Waals surface area (Å²) in [5, 5.41) is 6.49. The van der Waals surface area contributed by atoms with Crippen molar-refractivity contribution in [3.8, 4) is 0 Å². The third-order valence-electron chi connectivity index (χ3n) is 3.49. The molecule has 1 amide bonds. The fourth-order valence-corrected chi connectivity index (χ4v) is 3.43. The molecule has 0 bridgehead atoms. The van der Waals surface area contributed by atoms with E-state index in [4.69, 9.17) is 0 Å². The third-order valence-corrected chi connectivity index (χ3v) is 4.29. The second-order valence-corrected chi connectivity index (χ2v) is 6.04. The van der Waals surface area contributed by atoms with Crippen LogP contribution >= 0.6 is 11.3 Å². The zero-order chi connectivity index (χ0) is 14.1. The number of carbonyl (C=O) groups is 1. The minimum absolute atomic E-state index is 0.145. The number of nitrogens with one attached hydrogen (secondary N) is 1. The van der Waals surface area contributed by atoms with E-state index in [0.717, 1.165) is 41.4 Å². The molecule has 0 saturated carbocycles. The normalized spacial score (nSPS) is 19.0. The van der Waals surface area contributed by atoms with Crippen molar-refractivity contribution in [3.05, 3.63) is 17.3 Å². The van der Waals surface area contributed by atoms with Gasteiger partial charge in [0.1, 0.15) is 16.5 Å². The Morgan fingerprint density at radius 2 is 2.35 bits per heavy atom. The highest BCUT2D eigenvalue weighted by atomic mass is 32.1. The molecule has 2 aromatic rings. The summed E-state index contributed by atoms with van der Waals surface area (Å²) in [4.78, 5) is 23.7. The van der Waals surface area contributed by atoms with Crippen LogP contribution in [0.5, 0.6) is 0 Å². The molecule has 1 fully saturated rings. The van der Waals surface area contributed by atoms with Gasteiger partial charge in [0, 0.05) is 19.5 Å². The van der Waals surface area contributed by atoms with Crippen LogP contribution < -0.4 is 5.32 Å². The topological polar surface area (TPSA) is 58.1 Å². The van der Waals surface area contributed by atoms with E-state index in [1.54, 1.807) is 11.3 Å². The number of carbonyl (C=O) groups excluding carboxylic acids is 1. The standard InChI is InChI=1S/C14H18N4OS/c1-3-5-18-8-10(7-12(18)19)17-13-11-4-6-20-14(11)16-9(2)15-13/h4,6,10H,3,5,7-8H2,1-2H3,(H,15,16,17). The molecule has 1 aliphatic heterocycles. The molecule has 1 N–H and O–H groups in total. The van der Waals surface area contributed by atoms with Crippen molar-refractivity contribution in [2.75, 3.05) is 18.4 Å². The summed E-state index contributed by atoms with van der Waals surface area (Å²) in [6.07, 6.45) is 1.55. The highest BCUT2D eigenvalue weighted by Gasteiger charge is 2.29. The average Bonchev–Trinajstić information content (AvgIpc) is 2.97. The van der Waals surface area contributed by atoms with Gasteiger partial charge >= 0.3 is 0 Å². The molecule has 0 aliphatic carbocycles. The molecule has 0 spiro atoms. The van der Waals surface area contributed by atoms with Gasteiger partial charge in [-0.15, -0.1) is 11.3 Å². The van der Waals surface area contributed by atoms with Gasteiger partial charge in [0.05, 0.1) is 11.4 Å². The molecule has 1 unspecified atom stereocenters. The Morgan fingerprint density at radius 3 is 3.15 bits per heavy atom. The minimum atomic E-state index is 0.145. The Morgan fingerprint density at radius 1 is 1.50 bits per heavy atom. The van der Waals surface area contributed by atoms with Gasteiger partial charge in [-0.25, -0.2) is 9.97 Å². The molecule has 5 nitrogen and oxygen atoms in total. The Balaban J connectivity index is 1.80. The lowest BCUT2D eigenvalue weighted by Gasteiger charge is -2.16. The number of nitrogens with zero attached hydrogens (tertiary/aromatic N) is 3. The van der Waals surface area contributed by atoms with E-state index < -0.39 is 0 Å². The number of hydrogen-bond acceptors (Lipinski definition) is 5. The van der Waals surface area contributed by atoms with Crippen LogP contribution in [0.3, 0.4) is 0 Å². The maximum Gasteiger partial charge on any atom is 0.224 e. The van der Waals surface area contributed by atoms with Crippen molar-refractivity contribution in [2.45, 2.75) is 32.7 Å². The van der Waals surface area contributed by atoms with Crippen LogP contribution in [-0.2, 0) is 4.79 Å². The maximum atomic E-state index is 11.9. The SMILES string of the molecule is CCCN1CC(Nc2nc(C)nc3sccc23)CC1=O. The number of thiophene rings is 1. The molecule has 0 radical (unpaired) electrons. The number of hydrogen-bond donors (Lipinski definition) is 1. The summed E-state index contributed by atoms with van der Waals surface area (Å²) in [7, 11) is 0. The second-order valence-electron chi connectivity index (χ2n) is 5.14. The van der Waals surface area contributed by atoms with Gasteiger partial charge in [-0.2, -0.15) is 0 Å². The van der Waals surface area contributed by atoms with Gasteiger partial charge in [-0.3, -0.25) is 4.79 Å². The van der Waals surface area contributed by atoms with Crippen LogP contribution in [0.1, 0.15) is 25.6 Å². The average molecular weight is 290 g/mol. The molecule has 3 rings (SSSR count). The quantitative estimate of drug-likeness (QED) is 0.939. The lowest BCUT2D eigenvalue weighted by atomic mass is 10.2. The summed E-state index contributed by atoms with van der Waals surface area (Å²) in [6, 6.07) is 2.17. The van der Waals surface area contributed by atoms with E-state index in [0.29, 0.717) is 6.42 Å². The molecule has 0 aromatic carbocycles. The Hall–Kier alpha value is -1.69. The molecule has 106 valence electrons. The number of fused-ring (bicyclic) bond motifs is 1. The summed E-state index contributed by atoms with van der Waals surface area (Å²) < 4.78 is 0. The van der Waals surface area contributed by atoms with Crippen LogP contribution in [0.4, 0.5) is 5.82 Å². The molecule has 20 heavy (non-hydrogen) atoms. The van der Waals surface area contributed by atoms with Gasteiger partial charge < -0.3 is 10.2 Å². The zero-order valence-electron chi connectivity index (χ0n) is 11.7. The highest BCUT2D eigenvalue weighted by Crippen LogP contribution is 2.26. The smallest absolute Gasteiger partial charge is 0.224 e. The first-order valence-electron chi connectivity index (χ1n) is 6.93. The molecular formula is C14H18N4OS. The van der Waals surface area contributed by atoms with E-state index in [1.807, 2.05) is 23.3 Å². The highest BCUT2D eigenvalue weighted by molar-refractivity contribution is 7.16. The van der Waals surface area contributed by atoms with E-state index in [2.05, 4.69) is 22.2 Å². The molecule has 6 heteroatoms. The van der Waals surface area contributed by atoms with Gasteiger partial charge in [0.25, 0.3) is 0 Å². The summed E-state index contributed by atoms with van der Waals surface area (Å²) in [5.74, 6) is 1.85. The summed E-state index contributed by atoms with van der Waals surface area (Å²) >= 11 is 1.61. The number of amides is 1. The fraction of sp³-hybridized carbons (Fsp3) is 0.500. The number of aromatic nitrogens is 2. The largest absolute Gasteiger partial charge is 0.364 e. The van der Waals surface area contributed by atoms with Crippen molar-refractivity contribution in [3.63, 3.8) is 0 Å². The number of aryl methyl sites for hydroxylation is 1. The molecule has 3 heterocycles. The van der Waals surface area contributed by atoms with Crippen molar-refractivity contribution in [1.29, 1.82) is 0 Å². The lowest BCUT2D eigenvalue weighted by Crippen LogP contribution is -2.28. The van der Waals surface area contributed by atoms with Crippen molar-refractivity contribution >= 4 is 33.3 Å². The van der Waals surface area contributed by atoms with E-state index in [9.17, 15) is 4.79 Å². The lowest BCUT2D eigenvalue weighted by molar-refractivity contribution is -0.127. The van der Waals surface area contributed by atoms with Gasteiger partial charge in [0.2, 0.25) is 5.91 Å². The number of rotatable bonds is 4. The monoisotopic (exact) mass is 290 g/mol. The molecule has 1 atom stereocenters. The minimum Gasteiger partial charge on any atom is -0.364 e. The second kappa shape index (κ2) is 5.36. The van der Waals surface area contributed by atoms with E-state index in [-0.39, 0.29) is 11.9 Å². The van der Waals surface area contributed by atoms with Crippen LogP contribution in [0.2, 0.25) is 0 Å². The van der Waals surface area contributed by atoms with Crippen LogP contribution in [0.25, 0.3) is 10.2 Å². The maximum absolute atomic E-state index is 11.9. The molecule has 1 saturated heterocycles.